The number of rotatable bonds is 5. The van der Waals surface area contributed by atoms with E-state index < -0.39 is 11.7 Å². The number of halogens is 1. The van der Waals surface area contributed by atoms with E-state index in [-0.39, 0.29) is 23.5 Å². The largest absolute Gasteiger partial charge is 0.328 e. The highest BCUT2D eigenvalue weighted by molar-refractivity contribution is 5.96. The number of hydrogen-bond acceptors (Lipinski definition) is 3. The molecule has 0 amide bonds. The van der Waals surface area contributed by atoms with Crippen LogP contribution in [0.4, 0.5) is 4.39 Å². The van der Waals surface area contributed by atoms with Crippen LogP contribution in [0.15, 0.2) is 59.7 Å². The Morgan fingerprint density at radius 1 is 1.15 bits per heavy atom. The summed E-state index contributed by atoms with van der Waals surface area (Å²) in [5, 5.41) is 0. The third-order valence-corrected chi connectivity index (χ3v) is 4.26. The number of aromatic amines is 1. The van der Waals surface area contributed by atoms with Crippen LogP contribution in [0.25, 0.3) is 0 Å². The molecule has 0 aliphatic carbocycles. The minimum absolute atomic E-state index is 0.0584. The Kier molecular flexibility index (Phi) is 5.07. The average Bonchev–Trinajstić information content (AvgIpc) is 2.60. The summed E-state index contributed by atoms with van der Waals surface area (Å²) in [6.45, 7) is 3.93. The quantitative estimate of drug-likeness (QED) is 0.709. The smallest absolute Gasteiger partial charge is 0.247 e. The molecule has 3 rings (SSSR count). The zero-order valence-corrected chi connectivity index (χ0v) is 14.6. The van der Waals surface area contributed by atoms with E-state index >= 15 is 0 Å². The van der Waals surface area contributed by atoms with E-state index in [1.807, 2.05) is 32.0 Å². The summed E-state index contributed by atoms with van der Waals surface area (Å²) in [6.07, 6.45) is 2.97. The Hall–Kier alpha value is -3.08. The lowest BCUT2D eigenvalue weighted by Crippen LogP contribution is -2.14. The van der Waals surface area contributed by atoms with Crippen molar-refractivity contribution in [3.8, 4) is 0 Å². The van der Waals surface area contributed by atoms with Gasteiger partial charge >= 0.3 is 0 Å². The van der Waals surface area contributed by atoms with Crippen LogP contribution in [0.2, 0.25) is 0 Å². The number of nitrogens with one attached hydrogen (secondary N) is 1. The van der Waals surface area contributed by atoms with Crippen LogP contribution >= 0.6 is 0 Å². The van der Waals surface area contributed by atoms with Gasteiger partial charge in [0, 0.05) is 36.4 Å². The molecule has 0 fully saturated rings. The minimum atomic E-state index is -0.505. The van der Waals surface area contributed by atoms with Crippen molar-refractivity contribution in [3.05, 3.63) is 99.0 Å². The van der Waals surface area contributed by atoms with Crippen molar-refractivity contribution in [1.82, 2.24) is 9.97 Å². The summed E-state index contributed by atoms with van der Waals surface area (Å²) in [5.41, 5.74) is 3.28. The lowest BCUT2D eigenvalue weighted by Gasteiger charge is -2.18. The van der Waals surface area contributed by atoms with Gasteiger partial charge in [-0.05, 0) is 37.6 Å². The molecular formula is C21H19FN2O2. The van der Waals surface area contributed by atoms with Gasteiger partial charge in [0.25, 0.3) is 0 Å². The third-order valence-electron chi connectivity index (χ3n) is 4.26. The lowest BCUT2D eigenvalue weighted by atomic mass is 9.87. The van der Waals surface area contributed by atoms with Gasteiger partial charge in [-0.15, -0.1) is 0 Å². The number of hydrogen-bond donors (Lipinski definition) is 1. The van der Waals surface area contributed by atoms with Crippen molar-refractivity contribution in [1.29, 1.82) is 0 Å². The number of nitrogens with zero attached hydrogens (tertiary/aromatic N) is 1. The molecule has 1 aromatic carbocycles. The zero-order chi connectivity index (χ0) is 18.7. The molecule has 5 heteroatoms. The van der Waals surface area contributed by atoms with Crippen LogP contribution in [0.3, 0.4) is 0 Å². The molecule has 0 aliphatic rings. The van der Waals surface area contributed by atoms with Crippen LogP contribution in [0.5, 0.6) is 0 Å². The van der Waals surface area contributed by atoms with E-state index in [2.05, 4.69) is 9.97 Å². The molecule has 132 valence electrons. The minimum Gasteiger partial charge on any atom is -0.328 e. The fourth-order valence-corrected chi connectivity index (χ4v) is 3.13. The molecule has 0 aliphatic heterocycles. The fraction of sp³-hybridized carbons (Fsp3) is 0.190. The lowest BCUT2D eigenvalue weighted by molar-refractivity contribution is 0.0976. The van der Waals surface area contributed by atoms with Gasteiger partial charge < -0.3 is 4.98 Å². The molecule has 1 atom stereocenters. The van der Waals surface area contributed by atoms with E-state index in [0.29, 0.717) is 5.56 Å². The van der Waals surface area contributed by atoms with Crippen LogP contribution in [0.1, 0.15) is 45.1 Å². The second kappa shape index (κ2) is 7.44. The van der Waals surface area contributed by atoms with Crippen LogP contribution < -0.4 is 5.56 Å². The first-order chi connectivity index (χ1) is 12.4. The number of carbonyl (C=O) groups is 1. The van der Waals surface area contributed by atoms with E-state index in [1.54, 1.807) is 0 Å². The molecule has 26 heavy (non-hydrogen) atoms. The molecule has 0 saturated carbocycles. The van der Waals surface area contributed by atoms with Gasteiger partial charge in [0.05, 0.1) is 5.69 Å². The highest BCUT2D eigenvalue weighted by atomic mass is 19.1. The second-order valence-corrected chi connectivity index (χ2v) is 6.41. The molecule has 1 N–H and O–H groups in total. The molecule has 2 aromatic heterocycles. The molecule has 0 bridgehead atoms. The number of aromatic nitrogens is 2. The summed E-state index contributed by atoms with van der Waals surface area (Å²) >= 11 is 0. The number of pyridine rings is 2. The summed E-state index contributed by atoms with van der Waals surface area (Å²) in [7, 11) is 0. The van der Waals surface area contributed by atoms with Crippen LogP contribution in [-0.4, -0.2) is 15.8 Å². The molecule has 3 aromatic rings. The van der Waals surface area contributed by atoms with E-state index in [0.717, 1.165) is 16.7 Å². The number of H-pyrrole nitrogens is 1. The van der Waals surface area contributed by atoms with Crippen molar-refractivity contribution in [2.75, 3.05) is 0 Å². The molecule has 0 saturated heterocycles. The van der Waals surface area contributed by atoms with Crippen LogP contribution in [0, 0.1) is 19.7 Å². The van der Waals surface area contributed by atoms with Gasteiger partial charge in [-0.1, -0.05) is 29.3 Å². The summed E-state index contributed by atoms with van der Waals surface area (Å²) in [6, 6.07) is 11.6. The number of carbonyl (C=O) groups excluding carboxylic acids is 1. The number of Topliss-reactive ketones (excluding diaryl/α,β-unsaturated/α-hetero) is 1. The molecular weight excluding hydrogens is 331 g/mol. The molecule has 2 heterocycles. The van der Waals surface area contributed by atoms with Crippen molar-refractivity contribution >= 4 is 5.78 Å². The molecule has 0 radical (unpaired) electrons. The van der Waals surface area contributed by atoms with Gasteiger partial charge in [-0.3, -0.25) is 14.6 Å². The first-order valence-electron chi connectivity index (χ1n) is 8.34. The highest BCUT2D eigenvalue weighted by Gasteiger charge is 2.24. The van der Waals surface area contributed by atoms with Gasteiger partial charge in [0.1, 0.15) is 5.82 Å². The first-order valence-corrected chi connectivity index (χ1v) is 8.34. The number of benzene rings is 1. The highest BCUT2D eigenvalue weighted by Crippen LogP contribution is 2.31. The number of aryl methyl sites for hydroxylation is 2. The average molecular weight is 350 g/mol. The maximum atomic E-state index is 14.4. The number of ketones is 1. The maximum Gasteiger partial charge on any atom is 0.247 e. The topological polar surface area (TPSA) is 62.8 Å². The summed E-state index contributed by atoms with van der Waals surface area (Å²) in [5.74, 6) is -1.13. The summed E-state index contributed by atoms with van der Waals surface area (Å²) < 4.78 is 14.4. The van der Waals surface area contributed by atoms with E-state index in [4.69, 9.17) is 0 Å². The second-order valence-electron chi connectivity index (χ2n) is 6.41. The summed E-state index contributed by atoms with van der Waals surface area (Å²) in [4.78, 5) is 30.6. The van der Waals surface area contributed by atoms with Crippen molar-refractivity contribution in [2.24, 2.45) is 0 Å². The van der Waals surface area contributed by atoms with Gasteiger partial charge in [-0.25, -0.2) is 4.39 Å². The molecule has 0 unspecified atom stereocenters. The Labute approximate surface area is 150 Å². The monoisotopic (exact) mass is 350 g/mol. The SMILES string of the molecule is Cc1cc(C)cc([C@H](CC(=O)c2ccc(=O)[nH]c2)c2ncccc2F)c1. The predicted molar refractivity (Wildman–Crippen MR) is 98.0 cm³/mol. The Morgan fingerprint density at radius 3 is 2.50 bits per heavy atom. The molecule has 4 nitrogen and oxygen atoms in total. The zero-order valence-electron chi connectivity index (χ0n) is 14.6. The van der Waals surface area contributed by atoms with Crippen LogP contribution in [-0.2, 0) is 0 Å². The third kappa shape index (κ3) is 3.94. The van der Waals surface area contributed by atoms with Gasteiger partial charge in [0.15, 0.2) is 5.78 Å². The standard InChI is InChI=1S/C21H19FN2O2/c1-13-8-14(2)10-16(9-13)17(21-18(22)4-3-7-23-21)11-19(25)15-5-6-20(26)24-12-15/h3-10,12,17H,11H2,1-2H3,(H,24,26)/t17-/m0/s1. The Bertz CT molecular complexity index is 970. The Morgan fingerprint density at radius 2 is 1.88 bits per heavy atom. The predicted octanol–water partition coefficient (Wildman–Crippen LogP) is 3.93. The van der Waals surface area contributed by atoms with E-state index in [1.165, 1.54) is 36.7 Å². The normalized spacial score (nSPS) is 12.0. The molecule has 0 spiro atoms. The Balaban J connectivity index is 2.03. The first kappa shape index (κ1) is 17.7. The van der Waals surface area contributed by atoms with Crippen molar-refractivity contribution in [2.45, 2.75) is 26.2 Å². The van der Waals surface area contributed by atoms with E-state index in [9.17, 15) is 14.0 Å². The fourth-order valence-electron chi connectivity index (χ4n) is 3.13. The van der Waals surface area contributed by atoms with Crippen molar-refractivity contribution < 1.29 is 9.18 Å². The maximum absolute atomic E-state index is 14.4. The van der Waals surface area contributed by atoms with Gasteiger partial charge in [0.2, 0.25) is 5.56 Å². The van der Waals surface area contributed by atoms with Crippen molar-refractivity contribution in [3.63, 3.8) is 0 Å². The van der Waals surface area contributed by atoms with Gasteiger partial charge in [-0.2, -0.15) is 0 Å².